The van der Waals surface area contributed by atoms with Crippen LogP contribution in [0.25, 0.3) is 0 Å². The van der Waals surface area contributed by atoms with E-state index in [1.807, 2.05) is 6.20 Å². The molecular weight excluding hydrogens is 168 g/mol. The fourth-order valence-electron chi connectivity index (χ4n) is 0.645. The van der Waals surface area contributed by atoms with Crippen LogP contribution in [-0.2, 0) is 6.42 Å². The van der Waals surface area contributed by atoms with Crippen LogP contribution in [0.3, 0.4) is 0 Å². The summed E-state index contributed by atoms with van der Waals surface area (Å²) in [6.45, 7) is 2.14. The molecular formula is C7H8GaN. The molecule has 0 unspecified atom stereocenters. The number of aromatic nitrogens is 1. The molecule has 0 aromatic carbocycles. The van der Waals surface area contributed by atoms with E-state index in [9.17, 15) is 0 Å². The Hall–Kier alpha value is -0.214. The molecule has 0 aliphatic carbocycles. The number of aryl methyl sites for hydroxylation is 1. The van der Waals surface area contributed by atoms with E-state index >= 15 is 0 Å². The third-order valence-corrected chi connectivity index (χ3v) is 1.97. The Bertz CT molecular complexity index is 181. The van der Waals surface area contributed by atoms with Crippen molar-refractivity contribution >= 4 is 22.8 Å². The first-order chi connectivity index (χ1) is 4.33. The molecule has 0 saturated carbocycles. The fraction of sp³-hybridized carbons (Fsp3) is 0.286. The molecule has 0 amide bonds. The zero-order chi connectivity index (χ0) is 6.69. The van der Waals surface area contributed by atoms with Gasteiger partial charge < -0.3 is 0 Å². The van der Waals surface area contributed by atoms with Gasteiger partial charge in [0.1, 0.15) is 0 Å². The molecule has 9 heavy (non-hydrogen) atoms. The van der Waals surface area contributed by atoms with Crippen LogP contribution in [0.2, 0.25) is 0 Å². The van der Waals surface area contributed by atoms with Gasteiger partial charge in [0, 0.05) is 0 Å². The van der Waals surface area contributed by atoms with Crippen molar-refractivity contribution in [1.82, 2.24) is 4.98 Å². The molecule has 1 aromatic rings. The van der Waals surface area contributed by atoms with Crippen molar-refractivity contribution in [2.24, 2.45) is 0 Å². The molecule has 0 aliphatic heterocycles. The minimum absolute atomic E-state index is 1.08. The van der Waals surface area contributed by atoms with E-state index < -0.39 is 0 Å². The molecule has 44 valence electrons. The maximum atomic E-state index is 4.18. The average Bonchev–Trinajstić information content (AvgIpc) is 1.90. The van der Waals surface area contributed by atoms with Gasteiger partial charge in [0.25, 0.3) is 0 Å². The third kappa shape index (κ3) is 1.88. The first-order valence-electron chi connectivity index (χ1n) is 3.03. The predicted octanol–water partition coefficient (Wildman–Crippen LogP) is 0.438. The van der Waals surface area contributed by atoms with E-state index in [4.69, 9.17) is 0 Å². The molecule has 0 spiro atoms. The molecule has 0 atom stereocenters. The molecule has 0 N–H and O–H groups in total. The predicted molar refractivity (Wildman–Crippen MR) is 39.0 cm³/mol. The van der Waals surface area contributed by atoms with Gasteiger partial charge in [-0.1, -0.05) is 0 Å². The van der Waals surface area contributed by atoms with E-state index in [0.717, 1.165) is 10.7 Å². The van der Waals surface area contributed by atoms with Crippen LogP contribution >= 0.6 is 0 Å². The molecule has 0 aliphatic rings. The maximum absolute atomic E-state index is 4.18. The Labute approximate surface area is 65.4 Å². The van der Waals surface area contributed by atoms with Crippen LogP contribution in [-0.4, -0.2) is 23.6 Å². The monoisotopic (exact) mass is 175 g/mol. The van der Waals surface area contributed by atoms with Crippen molar-refractivity contribution in [2.45, 2.75) is 13.3 Å². The van der Waals surface area contributed by atoms with Crippen LogP contribution in [0.5, 0.6) is 0 Å². The molecule has 0 saturated heterocycles. The number of pyridine rings is 1. The van der Waals surface area contributed by atoms with Crippen LogP contribution < -0.4 is 4.25 Å². The van der Waals surface area contributed by atoms with Gasteiger partial charge >= 0.3 is 65.1 Å². The minimum atomic E-state index is 1.08. The molecule has 2 radical (unpaired) electrons. The molecule has 1 nitrogen and oxygen atoms in total. The summed E-state index contributed by atoms with van der Waals surface area (Å²) in [4.78, 5) is 4.18. The summed E-state index contributed by atoms with van der Waals surface area (Å²) in [6.07, 6.45) is 3.03. The fourth-order valence-corrected chi connectivity index (χ4v) is 1.00. The topological polar surface area (TPSA) is 12.9 Å². The van der Waals surface area contributed by atoms with Crippen molar-refractivity contribution in [3.05, 3.63) is 23.9 Å². The summed E-state index contributed by atoms with van der Waals surface area (Å²) in [7, 11) is 0. The number of hydrogen-bond donors (Lipinski definition) is 0. The Kier molecular flexibility index (Phi) is 2.36. The Morgan fingerprint density at radius 2 is 2.33 bits per heavy atom. The van der Waals surface area contributed by atoms with E-state index in [1.165, 1.54) is 5.56 Å². The standard InChI is InChI=1S/C7H8N.Ga/c1-2-7-4-3-5-8-6-7;/h3-4,6H,2H2,1H3;. The van der Waals surface area contributed by atoms with E-state index in [-0.39, 0.29) is 0 Å². The number of nitrogens with zero attached hydrogens (tertiary/aromatic N) is 1. The third-order valence-electron chi connectivity index (χ3n) is 1.26. The summed E-state index contributed by atoms with van der Waals surface area (Å²) in [6, 6.07) is 4.20. The van der Waals surface area contributed by atoms with Crippen molar-refractivity contribution in [3.8, 4) is 0 Å². The zero-order valence-corrected chi connectivity index (χ0v) is 7.89. The van der Waals surface area contributed by atoms with Gasteiger partial charge in [0.05, 0.1) is 0 Å². The Morgan fingerprint density at radius 3 is 2.78 bits per heavy atom. The zero-order valence-electron chi connectivity index (χ0n) is 5.46. The normalized spacial score (nSPS) is 9.44. The van der Waals surface area contributed by atoms with Gasteiger partial charge in [-0.2, -0.15) is 0 Å². The first-order valence-corrected chi connectivity index (χ1v) is 4.24. The summed E-state index contributed by atoms with van der Waals surface area (Å²) < 4.78 is 1.15. The first kappa shape index (κ1) is 6.90. The van der Waals surface area contributed by atoms with E-state index in [0.29, 0.717) is 0 Å². The van der Waals surface area contributed by atoms with Crippen LogP contribution in [0, 0.1) is 0 Å². The molecule has 2 heteroatoms. The summed E-state index contributed by atoms with van der Waals surface area (Å²) >= 11 is 1.58. The molecule has 0 bridgehead atoms. The SMILES string of the molecule is CCc1cc[c]([Ga])nc1. The van der Waals surface area contributed by atoms with Crippen LogP contribution in [0.1, 0.15) is 12.5 Å². The Balaban J connectivity index is 2.88. The van der Waals surface area contributed by atoms with Gasteiger partial charge in [-0.3, -0.25) is 0 Å². The van der Waals surface area contributed by atoms with Crippen LogP contribution in [0.15, 0.2) is 18.3 Å². The van der Waals surface area contributed by atoms with E-state index in [2.05, 4.69) is 24.0 Å². The van der Waals surface area contributed by atoms with Gasteiger partial charge in [-0.05, 0) is 0 Å². The van der Waals surface area contributed by atoms with Gasteiger partial charge in [-0.25, -0.2) is 0 Å². The number of rotatable bonds is 1. The van der Waals surface area contributed by atoms with E-state index in [1.54, 1.807) is 18.6 Å². The molecule has 1 heterocycles. The second kappa shape index (κ2) is 3.08. The molecule has 1 aromatic heterocycles. The average molecular weight is 176 g/mol. The summed E-state index contributed by atoms with van der Waals surface area (Å²) in [5.74, 6) is 0. The van der Waals surface area contributed by atoms with Crippen molar-refractivity contribution < 1.29 is 0 Å². The second-order valence-corrected chi connectivity index (χ2v) is 3.19. The molecule has 0 fully saturated rings. The summed E-state index contributed by atoms with van der Waals surface area (Å²) in [5, 5.41) is 0. The number of hydrogen-bond acceptors (Lipinski definition) is 1. The quantitative estimate of drug-likeness (QED) is 0.565. The molecule has 1 rings (SSSR count). The van der Waals surface area contributed by atoms with Gasteiger partial charge in [0.2, 0.25) is 0 Å². The van der Waals surface area contributed by atoms with Crippen molar-refractivity contribution in [1.29, 1.82) is 0 Å². The van der Waals surface area contributed by atoms with Gasteiger partial charge in [0.15, 0.2) is 0 Å². The van der Waals surface area contributed by atoms with Gasteiger partial charge in [-0.15, -0.1) is 0 Å². The van der Waals surface area contributed by atoms with Crippen molar-refractivity contribution in [2.75, 3.05) is 0 Å². The Morgan fingerprint density at radius 1 is 1.56 bits per heavy atom. The second-order valence-electron chi connectivity index (χ2n) is 1.94. The van der Waals surface area contributed by atoms with Crippen LogP contribution in [0.4, 0.5) is 0 Å². The summed E-state index contributed by atoms with van der Waals surface area (Å²) in [5.41, 5.74) is 1.32. The van der Waals surface area contributed by atoms with Crippen molar-refractivity contribution in [3.63, 3.8) is 0 Å².